The zero-order valence-corrected chi connectivity index (χ0v) is 18.8. The van der Waals surface area contributed by atoms with Crippen molar-refractivity contribution in [3.63, 3.8) is 0 Å². The lowest BCUT2D eigenvalue weighted by Crippen LogP contribution is -2.39. The molecule has 0 heterocycles. The highest BCUT2D eigenvalue weighted by Crippen LogP contribution is 2.30. The molecule has 0 aliphatic rings. The average molecular weight is 439 g/mol. The summed E-state index contributed by atoms with van der Waals surface area (Å²) in [6.07, 6.45) is 0. The second-order valence-electron chi connectivity index (χ2n) is 7.17. The number of methoxy groups -OCH3 is 1. The number of ether oxygens (including phenoxy) is 1. The Bertz CT molecular complexity index is 959. The number of nitrogens with one attached hydrogen (secondary N) is 1. The van der Waals surface area contributed by atoms with Crippen LogP contribution in [0, 0.1) is 0 Å². The number of hydrogen-bond acceptors (Lipinski definition) is 4. The Morgan fingerprint density at radius 2 is 1.69 bits per heavy atom. The van der Waals surface area contributed by atoms with Gasteiger partial charge in [0.25, 0.3) is 0 Å². The maximum atomic E-state index is 13.1. The third-order valence-electron chi connectivity index (χ3n) is 4.66. The van der Waals surface area contributed by atoms with E-state index in [1.807, 2.05) is 39.0 Å². The Hall–Kier alpha value is -2.09. The minimum Gasteiger partial charge on any atom is -0.495 e. The molecule has 1 amide bonds. The van der Waals surface area contributed by atoms with Gasteiger partial charge in [-0.15, -0.1) is 0 Å². The van der Waals surface area contributed by atoms with E-state index >= 15 is 0 Å². The largest absolute Gasteiger partial charge is 0.495 e. The van der Waals surface area contributed by atoms with Crippen molar-refractivity contribution in [3.8, 4) is 5.75 Å². The Kier molecular flexibility index (Phi) is 7.68. The predicted octanol–water partition coefficient (Wildman–Crippen LogP) is 3.97. The standard InChI is InChI=1S/C21H27ClN2O4S/c1-14(2)17-8-11-19(28-5)20(12-17)29(26,27)24(4)13-21(25)23-15(3)16-6-9-18(22)10-7-16/h6-12,14-15H,13H2,1-5H3,(H,23,25). The molecule has 1 N–H and O–H groups in total. The monoisotopic (exact) mass is 438 g/mol. The summed E-state index contributed by atoms with van der Waals surface area (Å²) in [5.74, 6) is -0.00242. The molecule has 0 saturated heterocycles. The predicted molar refractivity (Wildman–Crippen MR) is 115 cm³/mol. The van der Waals surface area contributed by atoms with Gasteiger partial charge < -0.3 is 10.1 Å². The van der Waals surface area contributed by atoms with E-state index in [2.05, 4.69) is 5.32 Å². The number of carbonyl (C=O) groups excluding carboxylic acids is 1. The van der Waals surface area contributed by atoms with Crippen molar-refractivity contribution >= 4 is 27.5 Å². The highest BCUT2D eigenvalue weighted by atomic mass is 35.5. The fraction of sp³-hybridized carbons (Fsp3) is 0.381. The number of rotatable bonds is 8. The van der Waals surface area contributed by atoms with Gasteiger partial charge in [0.1, 0.15) is 10.6 Å². The summed E-state index contributed by atoms with van der Waals surface area (Å²) >= 11 is 5.88. The third kappa shape index (κ3) is 5.72. The quantitative estimate of drug-likeness (QED) is 0.676. The highest BCUT2D eigenvalue weighted by molar-refractivity contribution is 7.89. The van der Waals surface area contributed by atoms with Gasteiger partial charge in [0, 0.05) is 12.1 Å². The van der Waals surface area contributed by atoms with E-state index in [1.54, 1.807) is 24.3 Å². The molecule has 158 valence electrons. The lowest BCUT2D eigenvalue weighted by molar-refractivity contribution is -0.121. The third-order valence-corrected chi connectivity index (χ3v) is 6.73. The molecule has 0 saturated carbocycles. The summed E-state index contributed by atoms with van der Waals surface area (Å²) in [7, 11) is -1.11. The van der Waals surface area contributed by atoms with Crippen LogP contribution in [-0.4, -0.2) is 39.3 Å². The van der Waals surface area contributed by atoms with Crippen molar-refractivity contribution in [3.05, 3.63) is 58.6 Å². The number of benzene rings is 2. The molecule has 0 radical (unpaired) electrons. The number of likely N-dealkylation sites (N-methyl/N-ethyl adjacent to an activating group) is 1. The van der Waals surface area contributed by atoms with Crippen molar-refractivity contribution in [2.45, 2.75) is 37.6 Å². The van der Waals surface area contributed by atoms with Gasteiger partial charge in [-0.1, -0.05) is 43.6 Å². The van der Waals surface area contributed by atoms with E-state index in [-0.39, 0.29) is 29.1 Å². The molecule has 8 heteroatoms. The minimum absolute atomic E-state index is 0.0484. The normalized spacial score (nSPS) is 12.8. The summed E-state index contributed by atoms with van der Waals surface area (Å²) in [6, 6.07) is 11.9. The van der Waals surface area contributed by atoms with E-state index in [4.69, 9.17) is 16.3 Å². The highest BCUT2D eigenvalue weighted by Gasteiger charge is 2.27. The van der Waals surface area contributed by atoms with Gasteiger partial charge in [0.15, 0.2) is 0 Å². The van der Waals surface area contributed by atoms with E-state index in [9.17, 15) is 13.2 Å². The van der Waals surface area contributed by atoms with Crippen molar-refractivity contribution in [2.24, 2.45) is 0 Å². The van der Waals surface area contributed by atoms with Crippen LogP contribution in [0.15, 0.2) is 47.4 Å². The smallest absolute Gasteiger partial charge is 0.246 e. The molecule has 6 nitrogen and oxygen atoms in total. The van der Waals surface area contributed by atoms with E-state index in [0.717, 1.165) is 15.4 Å². The summed E-state index contributed by atoms with van der Waals surface area (Å²) in [5, 5.41) is 3.42. The van der Waals surface area contributed by atoms with Crippen LogP contribution in [0.25, 0.3) is 0 Å². The van der Waals surface area contributed by atoms with Crippen LogP contribution in [0.1, 0.15) is 43.9 Å². The first-order valence-corrected chi connectivity index (χ1v) is 11.1. The molecule has 0 aliphatic carbocycles. The van der Waals surface area contributed by atoms with Gasteiger partial charge in [-0.2, -0.15) is 4.31 Å². The number of carbonyl (C=O) groups is 1. The minimum atomic E-state index is -3.91. The van der Waals surface area contributed by atoms with Crippen LogP contribution in [0.5, 0.6) is 5.75 Å². The van der Waals surface area contributed by atoms with Gasteiger partial charge in [-0.05, 0) is 48.2 Å². The van der Waals surface area contributed by atoms with Crippen LogP contribution in [0.3, 0.4) is 0 Å². The second-order valence-corrected chi connectivity index (χ2v) is 9.62. The molecule has 0 aromatic heterocycles. The molecule has 2 aromatic rings. The lowest BCUT2D eigenvalue weighted by Gasteiger charge is -2.21. The summed E-state index contributed by atoms with van der Waals surface area (Å²) in [6.45, 7) is 5.47. The van der Waals surface area contributed by atoms with Gasteiger partial charge in [-0.3, -0.25) is 4.79 Å². The Balaban J connectivity index is 2.16. The molecule has 0 aliphatic heterocycles. The molecular formula is C21H27ClN2O4S. The lowest BCUT2D eigenvalue weighted by atomic mass is 10.0. The topological polar surface area (TPSA) is 75.7 Å². The first-order chi connectivity index (χ1) is 13.6. The molecule has 29 heavy (non-hydrogen) atoms. The molecule has 2 aromatic carbocycles. The first kappa shape index (κ1) is 23.2. The van der Waals surface area contributed by atoms with E-state index < -0.39 is 15.9 Å². The molecule has 1 atom stereocenters. The van der Waals surface area contributed by atoms with Crippen LogP contribution >= 0.6 is 11.6 Å². The number of halogens is 1. The van der Waals surface area contributed by atoms with Gasteiger partial charge in [0.05, 0.1) is 19.7 Å². The molecule has 0 fully saturated rings. The maximum absolute atomic E-state index is 13.1. The average Bonchev–Trinajstić information content (AvgIpc) is 2.67. The fourth-order valence-electron chi connectivity index (χ4n) is 2.83. The Morgan fingerprint density at radius 1 is 1.10 bits per heavy atom. The molecular weight excluding hydrogens is 412 g/mol. The van der Waals surface area contributed by atoms with Crippen LogP contribution in [0.2, 0.25) is 5.02 Å². The van der Waals surface area contributed by atoms with Crippen molar-refractivity contribution < 1.29 is 17.9 Å². The Morgan fingerprint density at radius 3 is 2.24 bits per heavy atom. The van der Waals surface area contributed by atoms with Crippen molar-refractivity contribution in [2.75, 3.05) is 20.7 Å². The second kappa shape index (κ2) is 9.61. The van der Waals surface area contributed by atoms with Crippen LogP contribution in [0.4, 0.5) is 0 Å². The summed E-state index contributed by atoms with van der Waals surface area (Å²) in [5.41, 5.74) is 1.75. The Labute approximate surface area is 177 Å². The summed E-state index contributed by atoms with van der Waals surface area (Å²) in [4.78, 5) is 12.5. The van der Waals surface area contributed by atoms with Gasteiger partial charge in [0.2, 0.25) is 15.9 Å². The van der Waals surface area contributed by atoms with Crippen molar-refractivity contribution in [1.29, 1.82) is 0 Å². The fourth-order valence-corrected chi connectivity index (χ4v) is 4.27. The number of amides is 1. The molecule has 2 rings (SSSR count). The summed E-state index contributed by atoms with van der Waals surface area (Å²) < 4.78 is 32.4. The molecule has 1 unspecified atom stereocenters. The van der Waals surface area contributed by atoms with Gasteiger partial charge >= 0.3 is 0 Å². The number of hydrogen-bond donors (Lipinski definition) is 1. The van der Waals surface area contributed by atoms with Gasteiger partial charge in [-0.25, -0.2) is 8.42 Å². The zero-order valence-electron chi connectivity index (χ0n) is 17.3. The zero-order chi connectivity index (χ0) is 21.8. The van der Waals surface area contributed by atoms with Crippen molar-refractivity contribution in [1.82, 2.24) is 9.62 Å². The van der Waals surface area contributed by atoms with Crippen LogP contribution < -0.4 is 10.1 Å². The number of sulfonamides is 1. The van der Waals surface area contributed by atoms with E-state index in [0.29, 0.717) is 5.02 Å². The maximum Gasteiger partial charge on any atom is 0.246 e. The van der Waals surface area contributed by atoms with E-state index in [1.165, 1.54) is 14.2 Å². The molecule has 0 bridgehead atoms. The SMILES string of the molecule is COc1ccc(C(C)C)cc1S(=O)(=O)N(C)CC(=O)NC(C)c1ccc(Cl)cc1. The van der Waals surface area contributed by atoms with Crippen LogP contribution in [-0.2, 0) is 14.8 Å². The first-order valence-electron chi connectivity index (χ1n) is 9.25. The number of nitrogens with zero attached hydrogens (tertiary/aromatic N) is 1. The molecule has 0 spiro atoms.